The van der Waals surface area contributed by atoms with E-state index in [-0.39, 0.29) is 43.3 Å². The van der Waals surface area contributed by atoms with Gasteiger partial charge in [-0.25, -0.2) is 0 Å². The van der Waals surface area contributed by atoms with Gasteiger partial charge in [0.05, 0.1) is 20.6 Å². The van der Waals surface area contributed by atoms with Crippen molar-refractivity contribution in [2.45, 2.75) is 57.4 Å². The number of rotatable bonds is 11. The number of carbonyl (C=O) groups excluding carboxylic acids is 4. The molecule has 0 bridgehead atoms. The quantitative estimate of drug-likeness (QED) is 0.187. The maximum absolute atomic E-state index is 12.9. The average molecular weight is 534 g/mol. The molecule has 3 N–H and O–H groups in total. The highest BCUT2D eigenvalue weighted by atomic mass is 32.2. The van der Waals surface area contributed by atoms with Gasteiger partial charge in [-0.2, -0.15) is 4.99 Å². The second-order valence-corrected chi connectivity index (χ2v) is 9.73. The lowest BCUT2D eigenvalue weighted by atomic mass is 10.1. The number of nitrogens with zero attached hydrogens (tertiary/aromatic N) is 3. The number of aliphatic imine (C=N–C) groups is 2. The normalized spacial score (nSPS) is 18.7. The monoisotopic (exact) mass is 533 g/mol. The summed E-state index contributed by atoms with van der Waals surface area (Å²) in [5, 5.41) is 2.74. The van der Waals surface area contributed by atoms with Crippen molar-refractivity contribution in [3.8, 4) is 0 Å². The van der Waals surface area contributed by atoms with Gasteiger partial charge in [-0.3, -0.25) is 24.2 Å². The Kier molecular flexibility index (Phi) is 11.6. The second kappa shape index (κ2) is 14.4. The number of methoxy groups -OCH3 is 2. The topological polar surface area (TPSA) is 153 Å². The number of hydrogen-bond donors (Lipinski definition) is 2. The molecule has 0 aromatic heterocycles. The number of hydrogen-bond acceptors (Lipinski definition) is 8. The molecule has 202 valence electrons. The standard InChI is InChI=1S/C25H35N5O6S/c1-15(2)30-16(3)21(24(34)28-14-12-20(32)36-5)37-25(30)29-23(33)18-10-8-17(9-11-18)22(26)27-13-6-7-19(31)35-4/h8-11,15-16,21H,6-7,12-14H2,1-5H3,(H2,26,27)(H,28,34). The molecular weight excluding hydrogens is 498 g/mol. The van der Waals surface area contributed by atoms with Crippen LogP contribution in [0.4, 0.5) is 0 Å². The molecule has 2 rings (SSSR count). The zero-order valence-electron chi connectivity index (χ0n) is 21.9. The summed E-state index contributed by atoms with van der Waals surface area (Å²) in [4.78, 5) is 58.7. The van der Waals surface area contributed by atoms with E-state index in [4.69, 9.17) is 5.73 Å². The molecule has 1 saturated heterocycles. The van der Waals surface area contributed by atoms with Crippen molar-refractivity contribution < 1.29 is 28.7 Å². The van der Waals surface area contributed by atoms with E-state index in [1.54, 1.807) is 24.3 Å². The Morgan fingerprint density at radius 3 is 2.24 bits per heavy atom. The van der Waals surface area contributed by atoms with Crippen LogP contribution in [-0.2, 0) is 23.9 Å². The lowest BCUT2D eigenvalue weighted by Gasteiger charge is -2.28. The first-order valence-corrected chi connectivity index (χ1v) is 12.9. The maximum atomic E-state index is 12.9. The van der Waals surface area contributed by atoms with Gasteiger partial charge in [0, 0.05) is 42.7 Å². The van der Waals surface area contributed by atoms with Crippen LogP contribution in [0.3, 0.4) is 0 Å². The third-order valence-corrected chi connectivity index (χ3v) is 7.05. The lowest BCUT2D eigenvalue weighted by molar-refractivity contribution is -0.141. The van der Waals surface area contributed by atoms with Crippen molar-refractivity contribution in [2.75, 3.05) is 27.3 Å². The number of benzene rings is 1. The number of esters is 2. The number of nitrogens with one attached hydrogen (secondary N) is 1. The number of nitrogens with two attached hydrogens (primary N) is 1. The molecule has 1 fully saturated rings. The Morgan fingerprint density at radius 1 is 1.05 bits per heavy atom. The van der Waals surface area contributed by atoms with E-state index < -0.39 is 17.1 Å². The Balaban J connectivity index is 2.07. The molecule has 1 aromatic rings. The molecule has 37 heavy (non-hydrogen) atoms. The Morgan fingerprint density at radius 2 is 1.65 bits per heavy atom. The van der Waals surface area contributed by atoms with E-state index in [0.29, 0.717) is 35.1 Å². The van der Waals surface area contributed by atoms with Crippen molar-refractivity contribution >= 4 is 46.5 Å². The van der Waals surface area contributed by atoms with Crippen molar-refractivity contribution in [1.82, 2.24) is 10.2 Å². The van der Waals surface area contributed by atoms with Crippen LogP contribution in [0, 0.1) is 0 Å². The summed E-state index contributed by atoms with van der Waals surface area (Å²) in [7, 11) is 2.64. The highest BCUT2D eigenvalue weighted by molar-refractivity contribution is 8.15. The molecule has 2 unspecified atom stereocenters. The van der Waals surface area contributed by atoms with E-state index in [1.165, 1.54) is 26.0 Å². The van der Waals surface area contributed by atoms with Gasteiger partial charge < -0.3 is 25.4 Å². The van der Waals surface area contributed by atoms with Crippen LogP contribution in [0.2, 0.25) is 0 Å². The largest absolute Gasteiger partial charge is 0.469 e. The fourth-order valence-corrected chi connectivity index (χ4v) is 5.06. The van der Waals surface area contributed by atoms with Gasteiger partial charge in [-0.15, -0.1) is 0 Å². The molecule has 2 amide bonds. The summed E-state index contributed by atoms with van der Waals surface area (Å²) in [5.74, 6) is -1.05. The first kappa shape index (κ1) is 29.8. The zero-order chi connectivity index (χ0) is 27.5. The average Bonchev–Trinajstić information content (AvgIpc) is 3.21. The van der Waals surface area contributed by atoms with Crippen molar-refractivity contribution in [1.29, 1.82) is 0 Å². The van der Waals surface area contributed by atoms with Crippen molar-refractivity contribution in [3.63, 3.8) is 0 Å². The maximum Gasteiger partial charge on any atom is 0.307 e. The second-order valence-electron chi connectivity index (χ2n) is 8.62. The van der Waals surface area contributed by atoms with Crippen LogP contribution in [0.5, 0.6) is 0 Å². The molecule has 11 nitrogen and oxygen atoms in total. The predicted octanol–water partition coefficient (Wildman–Crippen LogP) is 1.73. The molecule has 2 atom stereocenters. The summed E-state index contributed by atoms with van der Waals surface area (Å²) in [6.07, 6.45) is 0.870. The van der Waals surface area contributed by atoms with Gasteiger partial charge in [0.2, 0.25) is 5.91 Å². The Bertz CT molecular complexity index is 1040. The fourth-order valence-electron chi connectivity index (χ4n) is 3.68. The van der Waals surface area contributed by atoms with E-state index in [1.807, 2.05) is 25.7 Å². The first-order chi connectivity index (χ1) is 17.6. The summed E-state index contributed by atoms with van der Waals surface area (Å²) < 4.78 is 9.19. The molecule has 1 aromatic carbocycles. The number of carbonyl (C=O) groups is 4. The molecule has 1 aliphatic rings. The van der Waals surface area contributed by atoms with Gasteiger partial charge in [0.1, 0.15) is 11.1 Å². The number of amidine groups is 2. The van der Waals surface area contributed by atoms with Gasteiger partial charge >= 0.3 is 11.9 Å². The SMILES string of the molecule is COC(=O)CCCN=C(N)c1ccc(C(=O)N=C2SC(C(=O)NCCC(=O)OC)C(C)N2C(C)C)cc1. The molecule has 1 aliphatic heterocycles. The van der Waals surface area contributed by atoms with Crippen LogP contribution < -0.4 is 11.1 Å². The van der Waals surface area contributed by atoms with E-state index >= 15 is 0 Å². The molecule has 0 saturated carbocycles. The van der Waals surface area contributed by atoms with Crippen LogP contribution in [-0.4, -0.2) is 84.3 Å². The van der Waals surface area contributed by atoms with Crippen molar-refractivity contribution in [3.05, 3.63) is 35.4 Å². The number of amides is 2. The van der Waals surface area contributed by atoms with Gasteiger partial charge in [-0.05, 0) is 39.3 Å². The summed E-state index contributed by atoms with van der Waals surface area (Å²) >= 11 is 1.23. The molecule has 1 heterocycles. The van der Waals surface area contributed by atoms with Crippen LogP contribution in [0.15, 0.2) is 34.3 Å². The molecule has 0 radical (unpaired) electrons. The van der Waals surface area contributed by atoms with E-state index in [9.17, 15) is 19.2 Å². The molecule has 0 spiro atoms. The van der Waals surface area contributed by atoms with Crippen LogP contribution >= 0.6 is 11.8 Å². The first-order valence-electron chi connectivity index (χ1n) is 12.0. The Hall–Kier alpha value is -3.41. The molecule has 12 heteroatoms. The lowest BCUT2D eigenvalue weighted by Crippen LogP contribution is -2.45. The summed E-state index contributed by atoms with van der Waals surface area (Å²) in [5.41, 5.74) is 7.04. The minimum Gasteiger partial charge on any atom is -0.469 e. The highest BCUT2D eigenvalue weighted by Crippen LogP contribution is 2.34. The fraction of sp³-hybridized carbons (Fsp3) is 0.520. The molecule has 0 aliphatic carbocycles. The van der Waals surface area contributed by atoms with Crippen LogP contribution in [0.25, 0.3) is 0 Å². The third-order valence-electron chi connectivity index (χ3n) is 5.67. The van der Waals surface area contributed by atoms with Gasteiger partial charge in [0.15, 0.2) is 5.17 Å². The minimum atomic E-state index is -0.482. The smallest absolute Gasteiger partial charge is 0.307 e. The highest BCUT2D eigenvalue weighted by Gasteiger charge is 2.42. The minimum absolute atomic E-state index is 0.0134. The van der Waals surface area contributed by atoms with Gasteiger partial charge in [0.25, 0.3) is 5.91 Å². The van der Waals surface area contributed by atoms with E-state index in [2.05, 4.69) is 24.8 Å². The van der Waals surface area contributed by atoms with Crippen LogP contribution in [0.1, 0.15) is 56.0 Å². The van der Waals surface area contributed by atoms with Gasteiger partial charge in [-0.1, -0.05) is 23.9 Å². The number of thioether (sulfide) groups is 1. The predicted molar refractivity (Wildman–Crippen MR) is 143 cm³/mol. The molecular formula is C25H35N5O6S. The van der Waals surface area contributed by atoms with Crippen molar-refractivity contribution in [2.24, 2.45) is 15.7 Å². The summed E-state index contributed by atoms with van der Waals surface area (Å²) in [6.45, 7) is 6.40. The zero-order valence-corrected chi connectivity index (χ0v) is 22.7. The number of ether oxygens (including phenoxy) is 2. The third kappa shape index (κ3) is 8.59. The van der Waals surface area contributed by atoms with E-state index in [0.717, 1.165) is 0 Å². The summed E-state index contributed by atoms with van der Waals surface area (Å²) in [6, 6.07) is 6.44. The Labute approximate surface area is 221 Å².